The second-order valence-corrected chi connectivity index (χ2v) is 10.1. The summed E-state index contributed by atoms with van der Waals surface area (Å²) in [5.74, 6) is 3.18. The van der Waals surface area contributed by atoms with Crippen molar-refractivity contribution < 1.29 is 18.9 Å². The van der Waals surface area contributed by atoms with Crippen molar-refractivity contribution in [2.45, 2.75) is 51.8 Å². The number of hydrogen-bond donors (Lipinski definition) is 0. The smallest absolute Gasteiger partial charge is 0.214 e. The molecule has 2 atom stereocenters. The molecule has 0 aromatic heterocycles. The van der Waals surface area contributed by atoms with E-state index in [1.807, 2.05) is 49.4 Å². The highest BCUT2D eigenvalue weighted by Crippen LogP contribution is 2.49. The summed E-state index contributed by atoms with van der Waals surface area (Å²) in [7, 11) is 1.67. The molecule has 194 valence electrons. The number of ether oxygens (including phenoxy) is 4. The Labute approximate surface area is 227 Å². The van der Waals surface area contributed by atoms with Crippen molar-refractivity contribution in [3.8, 4) is 23.0 Å². The van der Waals surface area contributed by atoms with E-state index in [1.54, 1.807) is 7.11 Å². The van der Waals surface area contributed by atoms with Crippen LogP contribution in [0.3, 0.4) is 0 Å². The molecule has 0 fully saturated rings. The third kappa shape index (κ3) is 5.42. The third-order valence-electron chi connectivity index (χ3n) is 6.73. The van der Waals surface area contributed by atoms with Crippen LogP contribution in [0.1, 0.15) is 68.5 Å². The maximum Gasteiger partial charge on any atom is 0.214 e. The van der Waals surface area contributed by atoms with Gasteiger partial charge in [0, 0.05) is 22.0 Å². The molecule has 0 aliphatic carbocycles. The van der Waals surface area contributed by atoms with E-state index < -0.39 is 0 Å². The molecule has 2 aliphatic heterocycles. The lowest BCUT2D eigenvalue weighted by molar-refractivity contribution is -0.0192. The summed E-state index contributed by atoms with van der Waals surface area (Å²) >= 11 is 3.63. The first-order valence-electron chi connectivity index (χ1n) is 13.0. The molecular weight excluding hydrogens is 532 g/mol. The van der Waals surface area contributed by atoms with E-state index in [4.69, 9.17) is 24.0 Å². The molecule has 7 heteroatoms. The summed E-state index contributed by atoms with van der Waals surface area (Å²) in [6.07, 6.45) is 3.73. The number of hydrazone groups is 1. The van der Waals surface area contributed by atoms with Crippen molar-refractivity contribution in [3.05, 3.63) is 81.8 Å². The Morgan fingerprint density at radius 1 is 0.973 bits per heavy atom. The van der Waals surface area contributed by atoms with E-state index in [0.29, 0.717) is 19.0 Å². The molecule has 0 N–H and O–H groups in total. The van der Waals surface area contributed by atoms with Gasteiger partial charge in [-0.1, -0.05) is 35.7 Å². The molecule has 0 bridgehead atoms. The third-order valence-corrected chi connectivity index (χ3v) is 7.22. The fraction of sp³-hybridized carbons (Fsp3) is 0.367. The van der Waals surface area contributed by atoms with E-state index in [9.17, 15) is 0 Å². The molecule has 0 radical (unpaired) electrons. The Kier molecular flexibility index (Phi) is 7.89. The van der Waals surface area contributed by atoms with Crippen LogP contribution in [-0.2, 0) is 0 Å². The highest BCUT2D eigenvalue weighted by molar-refractivity contribution is 9.10. The maximum atomic E-state index is 6.56. The lowest BCUT2D eigenvalue weighted by atomic mass is 9.96. The van der Waals surface area contributed by atoms with Gasteiger partial charge >= 0.3 is 0 Å². The Balaban J connectivity index is 1.47. The molecular formula is C30H33BrN2O4. The van der Waals surface area contributed by atoms with Gasteiger partial charge in [0.15, 0.2) is 11.5 Å². The van der Waals surface area contributed by atoms with Crippen LogP contribution in [0.15, 0.2) is 70.2 Å². The van der Waals surface area contributed by atoms with Crippen molar-refractivity contribution in [1.29, 1.82) is 0 Å². The van der Waals surface area contributed by atoms with Crippen molar-refractivity contribution in [3.63, 3.8) is 0 Å². The number of methoxy groups -OCH3 is 1. The topological polar surface area (TPSA) is 52.5 Å². The van der Waals surface area contributed by atoms with Gasteiger partial charge in [-0.25, -0.2) is 5.01 Å². The first kappa shape index (κ1) is 25.5. The lowest BCUT2D eigenvalue weighted by Gasteiger charge is -2.38. The van der Waals surface area contributed by atoms with Crippen molar-refractivity contribution in [2.24, 2.45) is 5.10 Å². The fourth-order valence-corrected chi connectivity index (χ4v) is 5.23. The van der Waals surface area contributed by atoms with Gasteiger partial charge in [-0.3, -0.25) is 0 Å². The largest absolute Gasteiger partial charge is 0.494 e. The standard InChI is InChI=1S/C30H33BrN2O4/c1-4-6-7-16-36-28-14-10-21(17-29(28)34-3)30-33-26(24-18-22(31)11-15-27(24)37-30)19-25(32-33)20-8-12-23(13-9-20)35-5-2/h8-15,17-18,26,30H,4-7,16,19H2,1-3H3/t26-,30+/m1/s1. The number of halogens is 1. The van der Waals surface area contributed by atoms with Crippen molar-refractivity contribution in [1.82, 2.24) is 5.01 Å². The van der Waals surface area contributed by atoms with Crippen LogP contribution in [0, 0.1) is 0 Å². The Hall–Kier alpha value is -3.19. The van der Waals surface area contributed by atoms with Gasteiger partial charge in [0.25, 0.3) is 0 Å². The van der Waals surface area contributed by atoms with Crippen LogP contribution in [0.25, 0.3) is 0 Å². The van der Waals surface area contributed by atoms with Crippen molar-refractivity contribution in [2.75, 3.05) is 20.3 Å². The Bertz CT molecular complexity index is 1260. The summed E-state index contributed by atoms with van der Waals surface area (Å²) in [5.41, 5.74) is 4.20. The van der Waals surface area contributed by atoms with Gasteiger partial charge < -0.3 is 18.9 Å². The minimum Gasteiger partial charge on any atom is -0.494 e. The van der Waals surface area contributed by atoms with Gasteiger partial charge in [-0.05, 0) is 79.6 Å². The molecule has 0 amide bonds. The number of rotatable bonds is 10. The summed E-state index contributed by atoms with van der Waals surface area (Å²) in [4.78, 5) is 0. The van der Waals surface area contributed by atoms with Gasteiger partial charge in [0.2, 0.25) is 6.23 Å². The predicted octanol–water partition coefficient (Wildman–Crippen LogP) is 7.67. The van der Waals surface area contributed by atoms with Crippen LogP contribution >= 0.6 is 15.9 Å². The average molecular weight is 566 g/mol. The number of benzene rings is 3. The van der Waals surface area contributed by atoms with E-state index >= 15 is 0 Å². The zero-order valence-electron chi connectivity index (χ0n) is 21.6. The molecule has 2 aliphatic rings. The fourth-order valence-electron chi connectivity index (χ4n) is 4.85. The second-order valence-electron chi connectivity index (χ2n) is 9.22. The van der Waals surface area contributed by atoms with E-state index in [1.165, 1.54) is 0 Å². The maximum absolute atomic E-state index is 6.56. The second kappa shape index (κ2) is 11.5. The first-order chi connectivity index (χ1) is 18.1. The molecule has 6 nitrogen and oxygen atoms in total. The summed E-state index contributed by atoms with van der Waals surface area (Å²) < 4.78 is 24.9. The van der Waals surface area contributed by atoms with Crippen LogP contribution in [0.2, 0.25) is 0 Å². The molecule has 0 spiro atoms. The SMILES string of the molecule is CCCCCOc1ccc([C@@H]2Oc3ccc(Br)cc3[C@H]3CC(c4ccc(OCC)cc4)=NN32)cc1OC. The molecule has 5 rings (SSSR count). The highest BCUT2D eigenvalue weighted by Gasteiger charge is 2.41. The zero-order chi connectivity index (χ0) is 25.8. The predicted molar refractivity (Wildman–Crippen MR) is 149 cm³/mol. The number of unbranched alkanes of at least 4 members (excludes halogenated alkanes) is 2. The Morgan fingerprint density at radius 2 is 1.81 bits per heavy atom. The van der Waals surface area contributed by atoms with Gasteiger partial charge in [-0.2, -0.15) is 5.10 Å². The van der Waals surface area contributed by atoms with E-state index in [0.717, 1.165) is 69.8 Å². The quantitative estimate of drug-likeness (QED) is 0.236. The van der Waals surface area contributed by atoms with Crippen LogP contribution < -0.4 is 18.9 Å². The average Bonchev–Trinajstić information content (AvgIpc) is 3.37. The summed E-state index contributed by atoms with van der Waals surface area (Å²) in [5, 5.41) is 7.17. The molecule has 2 heterocycles. The normalized spacial score (nSPS) is 17.9. The molecule has 0 saturated carbocycles. The first-order valence-corrected chi connectivity index (χ1v) is 13.8. The molecule has 37 heavy (non-hydrogen) atoms. The number of nitrogens with zero attached hydrogens (tertiary/aromatic N) is 2. The van der Waals surface area contributed by atoms with Crippen LogP contribution in [0.5, 0.6) is 23.0 Å². The lowest BCUT2D eigenvalue weighted by Crippen LogP contribution is -2.33. The molecule has 3 aromatic carbocycles. The minimum absolute atomic E-state index is 0.0591. The Morgan fingerprint density at radius 3 is 2.57 bits per heavy atom. The van der Waals surface area contributed by atoms with E-state index in [-0.39, 0.29) is 12.3 Å². The number of fused-ring (bicyclic) bond motifs is 3. The summed E-state index contributed by atoms with van der Waals surface area (Å²) in [6.45, 7) is 5.50. The molecule has 0 saturated heterocycles. The summed E-state index contributed by atoms with van der Waals surface area (Å²) in [6, 6.07) is 20.4. The van der Waals surface area contributed by atoms with Crippen molar-refractivity contribution >= 4 is 21.6 Å². The monoisotopic (exact) mass is 564 g/mol. The minimum atomic E-state index is -0.387. The zero-order valence-corrected chi connectivity index (χ0v) is 23.2. The molecule has 0 unspecified atom stereocenters. The van der Waals surface area contributed by atoms with E-state index in [2.05, 4.69) is 46.1 Å². The molecule has 3 aromatic rings. The van der Waals surface area contributed by atoms with Gasteiger partial charge in [0.05, 0.1) is 32.1 Å². The highest BCUT2D eigenvalue weighted by atomic mass is 79.9. The number of hydrogen-bond acceptors (Lipinski definition) is 6. The van der Waals surface area contributed by atoms with Gasteiger partial charge in [-0.15, -0.1) is 0 Å². The van der Waals surface area contributed by atoms with Crippen LogP contribution in [-0.4, -0.2) is 31.0 Å². The van der Waals surface area contributed by atoms with Crippen LogP contribution in [0.4, 0.5) is 0 Å². The van der Waals surface area contributed by atoms with Gasteiger partial charge in [0.1, 0.15) is 11.5 Å².